The lowest BCUT2D eigenvalue weighted by Gasteiger charge is -2.40. The van der Waals surface area contributed by atoms with Crippen LogP contribution >= 0.6 is 0 Å². The monoisotopic (exact) mass is 1300 g/mol. The van der Waals surface area contributed by atoms with Gasteiger partial charge in [-0.25, -0.2) is 0 Å². The summed E-state index contributed by atoms with van der Waals surface area (Å²) in [7, 11) is 0. The van der Waals surface area contributed by atoms with Gasteiger partial charge < -0.3 is 45.1 Å². The van der Waals surface area contributed by atoms with E-state index in [1.54, 1.807) is 6.08 Å². The summed E-state index contributed by atoms with van der Waals surface area (Å²) in [5.41, 5.74) is 0. The molecule has 1 fully saturated rings. The second-order valence-electron chi connectivity index (χ2n) is 28.1. The standard InChI is InChI=1S/C81H153NO10/c1-3-5-7-9-11-13-15-16-44-48-51-55-59-63-67-74(84)73(72-91-81-80(89)79(88)78(87)75(71-83)92-81)82-76(85)68-64-60-56-52-49-45-42-40-38-36-34-32-30-28-26-24-22-20-18-17-19-21-23-25-27-29-31-33-35-37-39-41-43-46-50-54-58-62-66-70-90-77(86)69-65-61-57-53-47-14-12-10-8-6-4-2/h17-18,21,23,63,67,73-75,78-81,83-84,87-89H,3-16,19-20,22,24-62,64-66,68-72H2,1-2H3,(H,82,85)/b18-17-,23-21-,67-63+. The Balaban J connectivity index is 1.92. The molecule has 542 valence electrons. The number of allylic oxidation sites excluding steroid dienone is 5. The fraction of sp³-hybridized carbons (Fsp3) is 0.901. The Morgan fingerprint density at radius 1 is 0.402 bits per heavy atom. The van der Waals surface area contributed by atoms with Crippen molar-refractivity contribution in [3.8, 4) is 0 Å². The predicted molar refractivity (Wildman–Crippen MR) is 389 cm³/mol. The third-order valence-corrected chi connectivity index (χ3v) is 19.2. The van der Waals surface area contributed by atoms with Gasteiger partial charge in [-0.3, -0.25) is 9.59 Å². The molecule has 7 atom stereocenters. The highest BCUT2D eigenvalue weighted by atomic mass is 16.7. The van der Waals surface area contributed by atoms with Crippen molar-refractivity contribution in [2.75, 3.05) is 19.8 Å². The maximum absolute atomic E-state index is 13.1. The molecule has 0 saturated carbocycles. The van der Waals surface area contributed by atoms with E-state index in [1.807, 2.05) is 6.08 Å². The zero-order chi connectivity index (χ0) is 66.5. The molecule has 1 amide bonds. The minimum atomic E-state index is -1.57. The number of hydrogen-bond acceptors (Lipinski definition) is 10. The molecule has 0 aliphatic carbocycles. The number of hydrogen-bond donors (Lipinski definition) is 6. The van der Waals surface area contributed by atoms with Crippen LogP contribution in [-0.2, 0) is 23.8 Å². The number of aliphatic hydroxyl groups is 5. The third-order valence-electron chi connectivity index (χ3n) is 19.2. The first-order valence-electron chi connectivity index (χ1n) is 40.3. The van der Waals surface area contributed by atoms with E-state index >= 15 is 0 Å². The van der Waals surface area contributed by atoms with Crippen molar-refractivity contribution < 1.29 is 49.3 Å². The molecule has 11 nitrogen and oxygen atoms in total. The number of amides is 1. The second-order valence-corrected chi connectivity index (χ2v) is 28.1. The van der Waals surface area contributed by atoms with Crippen LogP contribution in [0.15, 0.2) is 36.5 Å². The van der Waals surface area contributed by atoms with Gasteiger partial charge in [-0.15, -0.1) is 0 Å². The van der Waals surface area contributed by atoms with Gasteiger partial charge in [-0.05, 0) is 64.2 Å². The molecule has 0 bridgehead atoms. The van der Waals surface area contributed by atoms with Crippen LogP contribution in [0.25, 0.3) is 0 Å². The highest BCUT2D eigenvalue weighted by Gasteiger charge is 2.44. The Bertz CT molecular complexity index is 1620. The van der Waals surface area contributed by atoms with Crippen LogP contribution in [-0.4, -0.2) is 100 Å². The summed E-state index contributed by atoms with van der Waals surface area (Å²) in [6, 6.07) is -0.808. The molecular formula is C81H153NO10. The summed E-state index contributed by atoms with van der Waals surface area (Å²) in [4.78, 5) is 25.1. The number of unbranched alkanes of at least 4 members (excludes halogenated alkanes) is 54. The zero-order valence-corrected chi connectivity index (χ0v) is 60.5. The fourth-order valence-electron chi connectivity index (χ4n) is 12.9. The van der Waals surface area contributed by atoms with Crippen LogP contribution in [0.5, 0.6) is 0 Å². The highest BCUT2D eigenvalue weighted by molar-refractivity contribution is 5.76. The Labute approximate surface area is 568 Å². The Kier molecular flexibility index (Phi) is 67.1. The minimum absolute atomic E-state index is 0.0149. The third kappa shape index (κ3) is 58.1. The zero-order valence-electron chi connectivity index (χ0n) is 60.5. The summed E-state index contributed by atoms with van der Waals surface area (Å²) in [5.74, 6) is -0.161. The molecule has 0 radical (unpaired) electrons. The first-order chi connectivity index (χ1) is 45.2. The summed E-state index contributed by atoms with van der Waals surface area (Å²) >= 11 is 0. The van der Waals surface area contributed by atoms with Gasteiger partial charge in [-0.1, -0.05) is 365 Å². The first-order valence-corrected chi connectivity index (χ1v) is 40.3. The van der Waals surface area contributed by atoms with E-state index in [9.17, 15) is 35.1 Å². The number of ether oxygens (including phenoxy) is 3. The topological polar surface area (TPSA) is 175 Å². The number of carbonyl (C=O) groups is 2. The van der Waals surface area contributed by atoms with E-state index in [2.05, 4.69) is 43.5 Å². The lowest BCUT2D eigenvalue weighted by molar-refractivity contribution is -0.302. The molecule has 1 heterocycles. The summed E-state index contributed by atoms with van der Waals surface area (Å²) in [5, 5.41) is 54.6. The van der Waals surface area contributed by atoms with Crippen LogP contribution in [0.2, 0.25) is 0 Å². The number of aliphatic hydroxyl groups excluding tert-OH is 5. The van der Waals surface area contributed by atoms with Crippen molar-refractivity contribution in [2.45, 2.75) is 448 Å². The minimum Gasteiger partial charge on any atom is -0.466 e. The van der Waals surface area contributed by atoms with E-state index in [0.29, 0.717) is 19.4 Å². The summed E-state index contributed by atoms with van der Waals surface area (Å²) in [6.07, 6.45) is 81.7. The van der Waals surface area contributed by atoms with Gasteiger partial charge in [0.05, 0.1) is 32.0 Å². The molecular weight excluding hydrogens is 1150 g/mol. The SMILES string of the molecule is CCCCCCCCCCCCCC/C=C/C(O)C(COC1OC(CO)C(O)C(O)C1O)NC(=O)CCCCCCCCCCCCCCCCCCC/C=C\C/C=C\CCCCCCCCCCCCCCCCCOC(=O)CCCCCCCCCCCCC. The van der Waals surface area contributed by atoms with Crippen molar-refractivity contribution in [3.05, 3.63) is 36.5 Å². The van der Waals surface area contributed by atoms with E-state index < -0.39 is 49.5 Å². The van der Waals surface area contributed by atoms with Crippen LogP contribution in [0.1, 0.15) is 406 Å². The molecule has 1 aliphatic rings. The van der Waals surface area contributed by atoms with E-state index in [4.69, 9.17) is 14.2 Å². The maximum Gasteiger partial charge on any atom is 0.305 e. The molecule has 7 unspecified atom stereocenters. The normalized spacial score (nSPS) is 17.7. The molecule has 0 spiro atoms. The van der Waals surface area contributed by atoms with Crippen LogP contribution in [0, 0.1) is 0 Å². The van der Waals surface area contributed by atoms with Crippen molar-refractivity contribution in [1.29, 1.82) is 0 Å². The molecule has 0 aromatic carbocycles. The van der Waals surface area contributed by atoms with Gasteiger partial charge in [0.1, 0.15) is 24.4 Å². The van der Waals surface area contributed by atoms with Crippen molar-refractivity contribution in [2.24, 2.45) is 0 Å². The molecule has 0 aromatic heterocycles. The van der Waals surface area contributed by atoms with E-state index in [-0.39, 0.29) is 18.5 Å². The average Bonchev–Trinajstić information content (AvgIpc) is 1.10. The lowest BCUT2D eigenvalue weighted by Crippen LogP contribution is -2.60. The fourth-order valence-corrected chi connectivity index (χ4v) is 12.9. The first kappa shape index (κ1) is 87.9. The number of rotatable bonds is 72. The summed E-state index contributed by atoms with van der Waals surface area (Å²) in [6.45, 7) is 4.40. The molecule has 92 heavy (non-hydrogen) atoms. The molecule has 1 aliphatic heterocycles. The molecule has 1 saturated heterocycles. The highest BCUT2D eigenvalue weighted by Crippen LogP contribution is 2.24. The largest absolute Gasteiger partial charge is 0.466 e. The van der Waals surface area contributed by atoms with Crippen LogP contribution in [0.3, 0.4) is 0 Å². The Morgan fingerprint density at radius 2 is 0.728 bits per heavy atom. The Morgan fingerprint density at radius 3 is 1.10 bits per heavy atom. The van der Waals surface area contributed by atoms with Crippen molar-refractivity contribution in [1.82, 2.24) is 5.32 Å². The van der Waals surface area contributed by atoms with Gasteiger partial charge in [-0.2, -0.15) is 0 Å². The number of carbonyl (C=O) groups excluding carboxylic acids is 2. The van der Waals surface area contributed by atoms with Crippen LogP contribution in [0.4, 0.5) is 0 Å². The molecule has 1 rings (SSSR count). The van der Waals surface area contributed by atoms with E-state index in [0.717, 1.165) is 57.8 Å². The Hall–Kier alpha value is -2.12. The average molecular weight is 1300 g/mol. The van der Waals surface area contributed by atoms with E-state index in [1.165, 1.54) is 321 Å². The summed E-state index contributed by atoms with van der Waals surface area (Å²) < 4.78 is 16.8. The quantitative estimate of drug-likeness (QED) is 0.0195. The van der Waals surface area contributed by atoms with Crippen molar-refractivity contribution in [3.63, 3.8) is 0 Å². The van der Waals surface area contributed by atoms with Gasteiger partial charge >= 0.3 is 5.97 Å². The predicted octanol–water partition coefficient (Wildman–Crippen LogP) is 21.7. The molecule has 6 N–H and O–H groups in total. The number of esters is 1. The molecule has 0 aromatic rings. The second kappa shape index (κ2) is 70.2. The van der Waals surface area contributed by atoms with Gasteiger partial charge in [0.2, 0.25) is 5.91 Å². The van der Waals surface area contributed by atoms with Crippen molar-refractivity contribution >= 4 is 11.9 Å². The van der Waals surface area contributed by atoms with Gasteiger partial charge in [0, 0.05) is 12.8 Å². The van der Waals surface area contributed by atoms with Gasteiger partial charge in [0.15, 0.2) is 6.29 Å². The van der Waals surface area contributed by atoms with Gasteiger partial charge in [0.25, 0.3) is 0 Å². The lowest BCUT2D eigenvalue weighted by atomic mass is 9.99. The smallest absolute Gasteiger partial charge is 0.305 e. The number of nitrogens with one attached hydrogen (secondary N) is 1. The van der Waals surface area contributed by atoms with Crippen LogP contribution < -0.4 is 5.32 Å². The molecule has 11 heteroatoms. The maximum atomic E-state index is 13.1.